The molecular weight excluding hydrogens is 244 g/mol. The highest BCUT2D eigenvalue weighted by Crippen LogP contribution is 2.12. The average molecular weight is 260 g/mol. The van der Waals surface area contributed by atoms with Crippen LogP contribution >= 0.6 is 11.3 Å². The molecule has 0 aliphatic carbocycles. The molecule has 0 fully saturated rings. The van der Waals surface area contributed by atoms with Gasteiger partial charge in [0.2, 0.25) is 0 Å². The molecule has 1 N–H and O–H groups in total. The van der Waals surface area contributed by atoms with Crippen molar-refractivity contribution in [2.24, 2.45) is 0 Å². The first kappa shape index (κ1) is 12.8. The quantitative estimate of drug-likeness (QED) is 0.777. The van der Waals surface area contributed by atoms with Gasteiger partial charge >= 0.3 is 0 Å². The Morgan fingerprint density at radius 1 is 1.28 bits per heavy atom. The standard InChI is InChI=1S/C14H16N2OS/c1-2-8-17-13-5-3-12(4-6-13)10-15-11-14-16-7-9-18-14/h2-7,9,15H,1,8,10-11H2. The van der Waals surface area contributed by atoms with E-state index in [9.17, 15) is 0 Å². The number of hydrogen-bond donors (Lipinski definition) is 1. The van der Waals surface area contributed by atoms with E-state index in [-0.39, 0.29) is 0 Å². The summed E-state index contributed by atoms with van der Waals surface area (Å²) < 4.78 is 5.43. The number of aromatic nitrogens is 1. The minimum Gasteiger partial charge on any atom is -0.490 e. The monoisotopic (exact) mass is 260 g/mol. The second kappa shape index (κ2) is 6.93. The number of thiazole rings is 1. The average Bonchev–Trinajstić information content (AvgIpc) is 2.91. The number of nitrogens with zero attached hydrogens (tertiary/aromatic N) is 1. The van der Waals surface area contributed by atoms with Crippen LogP contribution in [0.1, 0.15) is 10.6 Å². The van der Waals surface area contributed by atoms with Gasteiger partial charge in [0.05, 0.1) is 0 Å². The van der Waals surface area contributed by atoms with E-state index in [0.717, 1.165) is 23.8 Å². The maximum Gasteiger partial charge on any atom is 0.119 e. The predicted molar refractivity (Wildman–Crippen MR) is 74.8 cm³/mol. The van der Waals surface area contributed by atoms with Gasteiger partial charge in [0.1, 0.15) is 17.4 Å². The Hall–Kier alpha value is -1.65. The summed E-state index contributed by atoms with van der Waals surface area (Å²) in [6, 6.07) is 8.08. The van der Waals surface area contributed by atoms with Gasteiger partial charge in [-0.3, -0.25) is 0 Å². The lowest BCUT2D eigenvalue weighted by Gasteiger charge is -2.06. The van der Waals surface area contributed by atoms with Crippen LogP contribution in [0.25, 0.3) is 0 Å². The Morgan fingerprint density at radius 2 is 2.11 bits per heavy atom. The SMILES string of the molecule is C=CCOc1ccc(CNCc2nccs2)cc1. The minimum absolute atomic E-state index is 0.543. The van der Waals surface area contributed by atoms with E-state index < -0.39 is 0 Å². The third-order valence-corrected chi connectivity index (χ3v) is 3.16. The van der Waals surface area contributed by atoms with Gasteiger partial charge in [-0.2, -0.15) is 0 Å². The summed E-state index contributed by atoms with van der Waals surface area (Å²) in [4.78, 5) is 4.22. The Morgan fingerprint density at radius 3 is 2.78 bits per heavy atom. The van der Waals surface area contributed by atoms with Gasteiger partial charge < -0.3 is 10.1 Å². The number of rotatable bonds is 7. The highest BCUT2D eigenvalue weighted by atomic mass is 32.1. The summed E-state index contributed by atoms with van der Waals surface area (Å²) in [5.74, 6) is 0.874. The lowest BCUT2D eigenvalue weighted by molar-refractivity contribution is 0.363. The van der Waals surface area contributed by atoms with Crippen molar-refractivity contribution in [3.05, 3.63) is 59.1 Å². The van der Waals surface area contributed by atoms with Crippen LogP contribution in [0.2, 0.25) is 0 Å². The smallest absolute Gasteiger partial charge is 0.119 e. The van der Waals surface area contributed by atoms with Gasteiger partial charge in [0.15, 0.2) is 0 Å². The van der Waals surface area contributed by atoms with Crippen molar-refractivity contribution < 1.29 is 4.74 Å². The lowest BCUT2D eigenvalue weighted by Crippen LogP contribution is -2.12. The molecule has 0 aliphatic heterocycles. The van der Waals surface area contributed by atoms with Crippen LogP contribution < -0.4 is 10.1 Å². The summed E-state index contributed by atoms with van der Waals surface area (Å²) >= 11 is 1.67. The van der Waals surface area contributed by atoms with E-state index in [4.69, 9.17) is 4.74 Å². The lowest BCUT2D eigenvalue weighted by atomic mass is 10.2. The van der Waals surface area contributed by atoms with Crippen LogP contribution in [0, 0.1) is 0 Å². The van der Waals surface area contributed by atoms with E-state index in [0.29, 0.717) is 6.61 Å². The van der Waals surface area contributed by atoms with E-state index >= 15 is 0 Å². The van der Waals surface area contributed by atoms with Gasteiger partial charge in [0, 0.05) is 24.7 Å². The molecule has 2 aromatic rings. The molecule has 0 atom stereocenters. The Bertz CT molecular complexity index is 465. The summed E-state index contributed by atoms with van der Waals surface area (Å²) in [7, 11) is 0. The molecule has 2 rings (SSSR count). The van der Waals surface area contributed by atoms with Crippen molar-refractivity contribution in [1.29, 1.82) is 0 Å². The normalized spacial score (nSPS) is 10.2. The van der Waals surface area contributed by atoms with Crippen molar-refractivity contribution in [1.82, 2.24) is 10.3 Å². The fourth-order valence-corrected chi connectivity index (χ4v) is 2.10. The van der Waals surface area contributed by atoms with Crippen LogP contribution in [0.15, 0.2) is 48.5 Å². The molecule has 0 aliphatic rings. The molecule has 1 aromatic carbocycles. The zero-order chi connectivity index (χ0) is 12.6. The summed E-state index contributed by atoms with van der Waals surface area (Å²) in [5, 5.41) is 6.46. The molecule has 18 heavy (non-hydrogen) atoms. The Kier molecular flexibility index (Phi) is 4.93. The third kappa shape index (κ3) is 3.98. The second-order valence-corrected chi connectivity index (χ2v) is 4.75. The van der Waals surface area contributed by atoms with Gasteiger partial charge in [-0.1, -0.05) is 24.8 Å². The first-order chi connectivity index (χ1) is 8.88. The highest BCUT2D eigenvalue weighted by molar-refractivity contribution is 7.09. The molecule has 3 nitrogen and oxygen atoms in total. The second-order valence-electron chi connectivity index (χ2n) is 3.77. The molecule has 0 radical (unpaired) electrons. The largest absolute Gasteiger partial charge is 0.490 e. The van der Waals surface area contributed by atoms with Crippen molar-refractivity contribution in [3.63, 3.8) is 0 Å². The molecule has 0 spiro atoms. The van der Waals surface area contributed by atoms with Crippen molar-refractivity contribution >= 4 is 11.3 Å². The maximum absolute atomic E-state index is 5.43. The first-order valence-corrected chi connectivity index (χ1v) is 6.68. The van der Waals surface area contributed by atoms with E-state index in [1.165, 1.54) is 5.56 Å². The molecule has 94 valence electrons. The topological polar surface area (TPSA) is 34.1 Å². The van der Waals surface area contributed by atoms with Crippen molar-refractivity contribution in [2.75, 3.05) is 6.61 Å². The van der Waals surface area contributed by atoms with Crippen molar-refractivity contribution in [3.8, 4) is 5.75 Å². The summed E-state index contributed by atoms with van der Waals surface area (Å²) in [6.07, 6.45) is 3.57. The maximum atomic E-state index is 5.43. The molecule has 4 heteroatoms. The zero-order valence-corrected chi connectivity index (χ0v) is 11.0. The molecule has 0 saturated carbocycles. The van der Waals surface area contributed by atoms with E-state index in [1.54, 1.807) is 17.4 Å². The van der Waals surface area contributed by atoms with Gasteiger partial charge in [0.25, 0.3) is 0 Å². The molecular formula is C14H16N2OS. The molecule has 1 aromatic heterocycles. The first-order valence-electron chi connectivity index (χ1n) is 5.80. The zero-order valence-electron chi connectivity index (χ0n) is 10.1. The molecule has 0 bridgehead atoms. The highest BCUT2D eigenvalue weighted by Gasteiger charge is 1.97. The van der Waals surface area contributed by atoms with Crippen LogP contribution in [0.4, 0.5) is 0 Å². The predicted octanol–water partition coefficient (Wildman–Crippen LogP) is 3.00. The molecule has 0 unspecified atom stereocenters. The van der Waals surface area contributed by atoms with Crippen LogP contribution in [0.5, 0.6) is 5.75 Å². The third-order valence-electron chi connectivity index (χ3n) is 2.38. The van der Waals surface area contributed by atoms with Crippen LogP contribution in [-0.2, 0) is 13.1 Å². The molecule has 0 saturated heterocycles. The fraction of sp³-hybridized carbons (Fsp3) is 0.214. The summed E-state index contributed by atoms with van der Waals surface area (Å²) in [5.41, 5.74) is 1.23. The Labute approximate surface area is 111 Å². The van der Waals surface area contributed by atoms with Gasteiger partial charge in [-0.15, -0.1) is 11.3 Å². The van der Waals surface area contributed by atoms with Crippen LogP contribution in [-0.4, -0.2) is 11.6 Å². The number of benzene rings is 1. The number of nitrogens with one attached hydrogen (secondary N) is 1. The minimum atomic E-state index is 0.543. The molecule has 0 amide bonds. The van der Waals surface area contributed by atoms with E-state index in [1.807, 2.05) is 23.7 Å². The Balaban J connectivity index is 1.77. The van der Waals surface area contributed by atoms with E-state index in [2.05, 4.69) is 29.0 Å². The van der Waals surface area contributed by atoms with Crippen molar-refractivity contribution in [2.45, 2.75) is 13.1 Å². The number of hydrogen-bond acceptors (Lipinski definition) is 4. The van der Waals surface area contributed by atoms with Crippen LogP contribution in [0.3, 0.4) is 0 Å². The summed E-state index contributed by atoms with van der Waals surface area (Å²) in [6.45, 7) is 5.81. The van der Waals surface area contributed by atoms with Gasteiger partial charge in [-0.25, -0.2) is 4.98 Å². The molecule has 1 heterocycles. The van der Waals surface area contributed by atoms with Gasteiger partial charge in [-0.05, 0) is 17.7 Å². The fourth-order valence-electron chi connectivity index (χ4n) is 1.51. The number of ether oxygens (including phenoxy) is 1.